The van der Waals surface area contributed by atoms with E-state index in [4.69, 9.17) is 10.7 Å². The number of aromatic nitrogens is 4. The van der Waals surface area contributed by atoms with Crippen molar-refractivity contribution in [2.24, 2.45) is 0 Å². The van der Waals surface area contributed by atoms with Crippen LogP contribution in [0.4, 0.5) is 16.6 Å². The first-order chi connectivity index (χ1) is 13.3. The highest BCUT2D eigenvalue weighted by Crippen LogP contribution is 2.39. The van der Waals surface area contributed by atoms with Crippen LogP contribution in [-0.4, -0.2) is 20.2 Å². The molecule has 1 aliphatic rings. The smallest absolute Gasteiger partial charge is 0.210 e. The number of anilines is 3. The maximum Gasteiger partial charge on any atom is 0.210 e. The number of fused-ring (bicyclic) bond motifs is 3. The number of para-hydroxylation sites is 1. The minimum Gasteiger partial charge on any atom is -0.383 e. The first-order valence-corrected chi connectivity index (χ1v) is 11.2. The number of hydrogen-bond donors (Lipinski definition) is 2. The van der Waals surface area contributed by atoms with Gasteiger partial charge in [-0.2, -0.15) is 0 Å². The van der Waals surface area contributed by atoms with Crippen molar-refractivity contribution in [3.8, 4) is 0 Å². The quantitative estimate of drug-likeness (QED) is 0.364. The molecule has 0 saturated heterocycles. The molecular weight excluding hydrogens is 396 g/mol. The van der Waals surface area contributed by atoms with E-state index in [0.717, 1.165) is 38.9 Å². The molecule has 3 aromatic heterocycles. The molecule has 0 atom stereocenters. The fourth-order valence-corrected chi connectivity index (χ4v) is 6.13. The lowest BCUT2D eigenvalue weighted by atomic mass is 10.2. The van der Waals surface area contributed by atoms with Crippen LogP contribution in [0.3, 0.4) is 0 Å². The van der Waals surface area contributed by atoms with Crippen molar-refractivity contribution in [3.63, 3.8) is 0 Å². The second-order valence-corrected chi connectivity index (χ2v) is 9.30. The molecule has 0 saturated carbocycles. The van der Waals surface area contributed by atoms with E-state index >= 15 is 0 Å². The van der Waals surface area contributed by atoms with Crippen LogP contribution in [-0.2, 0) is 18.6 Å². The van der Waals surface area contributed by atoms with Crippen molar-refractivity contribution >= 4 is 61.3 Å². The summed E-state index contributed by atoms with van der Waals surface area (Å²) in [6.45, 7) is 0. The minimum atomic E-state index is 0.602. The Bertz CT molecular complexity index is 1110. The summed E-state index contributed by atoms with van der Waals surface area (Å²) in [4.78, 5) is 11.7. The first kappa shape index (κ1) is 16.9. The maximum atomic E-state index is 6.24. The summed E-state index contributed by atoms with van der Waals surface area (Å²) in [5.41, 5.74) is 8.61. The van der Waals surface area contributed by atoms with Gasteiger partial charge in [0.15, 0.2) is 5.16 Å². The van der Waals surface area contributed by atoms with Gasteiger partial charge in [-0.25, -0.2) is 9.97 Å². The Hall–Kier alpha value is -2.23. The Morgan fingerprint density at radius 3 is 2.85 bits per heavy atom. The van der Waals surface area contributed by atoms with E-state index in [1.165, 1.54) is 28.2 Å². The normalized spacial score (nSPS) is 13.2. The molecule has 0 unspecified atom stereocenters. The standard InChI is InChI=1S/C18H16N6S3/c19-15-14-11-7-4-8-12(11)26-16(14)22-17(21-15)25-9-13-23-24-18(27-13)20-10-5-2-1-3-6-10/h1-3,5-6H,4,7-9H2,(H,20,24)(H2,19,21,22). The predicted octanol–water partition coefficient (Wildman–Crippen LogP) is 4.65. The zero-order valence-electron chi connectivity index (χ0n) is 14.3. The zero-order valence-corrected chi connectivity index (χ0v) is 16.8. The summed E-state index contributed by atoms with van der Waals surface area (Å²) in [5, 5.41) is 15.2. The summed E-state index contributed by atoms with van der Waals surface area (Å²) < 4.78 is 0. The molecule has 9 heteroatoms. The molecule has 3 heterocycles. The van der Waals surface area contributed by atoms with Crippen LogP contribution < -0.4 is 11.1 Å². The molecule has 0 spiro atoms. The Labute approximate surface area is 168 Å². The molecule has 0 aliphatic heterocycles. The molecule has 136 valence electrons. The molecule has 0 radical (unpaired) electrons. The molecule has 1 aliphatic carbocycles. The van der Waals surface area contributed by atoms with Crippen LogP contribution >= 0.6 is 34.4 Å². The molecule has 1 aromatic carbocycles. The highest BCUT2D eigenvalue weighted by atomic mass is 32.2. The van der Waals surface area contributed by atoms with Crippen molar-refractivity contribution in [1.82, 2.24) is 20.2 Å². The molecule has 0 amide bonds. The Kier molecular flexibility index (Phi) is 4.42. The highest BCUT2D eigenvalue weighted by Gasteiger charge is 2.21. The van der Waals surface area contributed by atoms with Crippen LogP contribution in [0.1, 0.15) is 21.9 Å². The van der Waals surface area contributed by atoms with Crippen molar-refractivity contribution < 1.29 is 0 Å². The van der Waals surface area contributed by atoms with Crippen LogP contribution in [0.5, 0.6) is 0 Å². The van der Waals surface area contributed by atoms with Gasteiger partial charge < -0.3 is 11.1 Å². The van der Waals surface area contributed by atoms with Gasteiger partial charge in [0.05, 0.1) is 11.1 Å². The predicted molar refractivity (Wildman–Crippen MR) is 113 cm³/mol. The fraction of sp³-hybridized carbons (Fsp3) is 0.222. The number of thioether (sulfide) groups is 1. The van der Waals surface area contributed by atoms with E-state index in [1.807, 2.05) is 30.3 Å². The van der Waals surface area contributed by atoms with Gasteiger partial charge in [-0.05, 0) is 37.0 Å². The number of rotatable bonds is 5. The lowest BCUT2D eigenvalue weighted by molar-refractivity contribution is 0.916. The van der Waals surface area contributed by atoms with Crippen molar-refractivity contribution in [2.45, 2.75) is 30.2 Å². The third-order valence-corrected chi connectivity index (χ3v) is 7.45. The number of nitrogens with zero attached hydrogens (tertiary/aromatic N) is 4. The Morgan fingerprint density at radius 1 is 1.07 bits per heavy atom. The average molecular weight is 413 g/mol. The van der Waals surface area contributed by atoms with Crippen molar-refractivity contribution in [2.75, 3.05) is 11.1 Å². The van der Waals surface area contributed by atoms with Gasteiger partial charge in [-0.15, -0.1) is 21.5 Å². The van der Waals surface area contributed by atoms with E-state index in [0.29, 0.717) is 16.7 Å². The molecule has 3 N–H and O–H groups in total. The fourth-order valence-electron chi connectivity index (χ4n) is 3.20. The van der Waals surface area contributed by atoms with E-state index in [9.17, 15) is 0 Å². The molecule has 0 bridgehead atoms. The average Bonchev–Trinajstić information content (AvgIpc) is 3.36. The number of hydrogen-bond acceptors (Lipinski definition) is 9. The number of nitrogen functional groups attached to an aromatic ring is 1. The second-order valence-electron chi connectivity index (χ2n) is 6.21. The highest BCUT2D eigenvalue weighted by molar-refractivity contribution is 7.98. The van der Waals surface area contributed by atoms with Crippen LogP contribution in [0.25, 0.3) is 10.2 Å². The van der Waals surface area contributed by atoms with E-state index in [1.54, 1.807) is 23.1 Å². The molecular formula is C18H16N6S3. The van der Waals surface area contributed by atoms with Gasteiger partial charge in [0.2, 0.25) is 5.13 Å². The third kappa shape index (κ3) is 3.38. The van der Waals surface area contributed by atoms with E-state index in [-0.39, 0.29) is 0 Å². The molecule has 5 rings (SSSR count). The van der Waals surface area contributed by atoms with Crippen LogP contribution in [0, 0.1) is 0 Å². The first-order valence-electron chi connectivity index (χ1n) is 8.61. The zero-order chi connectivity index (χ0) is 18.2. The van der Waals surface area contributed by atoms with Crippen molar-refractivity contribution in [1.29, 1.82) is 0 Å². The van der Waals surface area contributed by atoms with Gasteiger partial charge in [0.25, 0.3) is 0 Å². The largest absolute Gasteiger partial charge is 0.383 e. The molecule has 6 nitrogen and oxygen atoms in total. The van der Waals surface area contributed by atoms with Crippen LogP contribution in [0.2, 0.25) is 0 Å². The summed E-state index contributed by atoms with van der Waals surface area (Å²) in [6.07, 6.45) is 3.45. The van der Waals surface area contributed by atoms with Crippen molar-refractivity contribution in [3.05, 3.63) is 45.8 Å². The summed E-state index contributed by atoms with van der Waals surface area (Å²) in [6, 6.07) is 9.95. The number of benzene rings is 1. The van der Waals surface area contributed by atoms with Gasteiger partial charge in [-0.3, -0.25) is 0 Å². The molecule has 4 aromatic rings. The van der Waals surface area contributed by atoms with E-state index in [2.05, 4.69) is 20.5 Å². The van der Waals surface area contributed by atoms with Gasteiger partial charge >= 0.3 is 0 Å². The lowest BCUT2D eigenvalue weighted by Gasteiger charge is -2.02. The minimum absolute atomic E-state index is 0.602. The summed E-state index contributed by atoms with van der Waals surface area (Å²) >= 11 is 4.85. The molecule has 27 heavy (non-hydrogen) atoms. The number of aryl methyl sites for hydroxylation is 2. The number of nitrogens with one attached hydrogen (secondary N) is 1. The Balaban J connectivity index is 1.30. The van der Waals surface area contributed by atoms with Gasteiger partial charge in [-0.1, -0.05) is 41.3 Å². The summed E-state index contributed by atoms with van der Waals surface area (Å²) in [7, 11) is 0. The van der Waals surface area contributed by atoms with Gasteiger partial charge in [0.1, 0.15) is 15.7 Å². The number of thiophene rings is 1. The maximum absolute atomic E-state index is 6.24. The SMILES string of the molecule is Nc1nc(SCc2nnc(Nc3ccccc3)s2)nc2sc3c(c12)CCC3. The van der Waals surface area contributed by atoms with E-state index < -0.39 is 0 Å². The lowest BCUT2D eigenvalue weighted by Crippen LogP contribution is -1.96. The van der Waals surface area contributed by atoms with Gasteiger partial charge in [0, 0.05) is 10.6 Å². The number of nitrogens with two attached hydrogens (primary N) is 1. The topological polar surface area (TPSA) is 89.6 Å². The third-order valence-electron chi connectivity index (χ3n) is 4.39. The monoisotopic (exact) mass is 412 g/mol. The van der Waals surface area contributed by atoms with Crippen LogP contribution in [0.15, 0.2) is 35.5 Å². The summed E-state index contributed by atoms with van der Waals surface area (Å²) in [5.74, 6) is 1.27. The molecule has 0 fully saturated rings. The second kappa shape index (κ2) is 7.06. The Morgan fingerprint density at radius 2 is 1.96 bits per heavy atom.